The van der Waals surface area contributed by atoms with Gasteiger partial charge in [-0.3, -0.25) is 0 Å². The molecule has 1 heterocycles. The highest BCUT2D eigenvalue weighted by molar-refractivity contribution is 5.53. The van der Waals surface area contributed by atoms with E-state index in [1.165, 1.54) is 12.1 Å². The first kappa shape index (κ1) is 25.1. The number of anilines is 1. The molecule has 4 nitrogen and oxygen atoms in total. The van der Waals surface area contributed by atoms with E-state index in [0.29, 0.717) is 12.2 Å². The monoisotopic (exact) mass is 485 g/mol. The van der Waals surface area contributed by atoms with Crippen molar-refractivity contribution in [1.29, 1.82) is 0 Å². The first-order valence-electron chi connectivity index (χ1n) is 11.7. The number of fused-ring (bicyclic) bond motifs is 1. The summed E-state index contributed by atoms with van der Waals surface area (Å²) in [5.74, 6) is 0.726. The lowest BCUT2D eigenvalue weighted by atomic mass is 9.87. The molecule has 0 aliphatic carbocycles. The highest BCUT2D eigenvalue weighted by Gasteiger charge is 2.45. The molecule has 2 unspecified atom stereocenters. The van der Waals surface area contributed by atoms with Crippen molar-refractivity contribution < 1.29 is 27.4 Å². The predicted octanol–water partition coefficient (Wildman–Crippen LogP) is 7.15. The van der Waals surface area contributed by atoms with Crippen molar-refractivity contribution in [2.75, 3.05) is 11.9 Å². The Morgan fingerprint density at radius 1 is 0.886 bits per heavy atom. The summed E-state index contributed by atoms with van der Waals surface area (Å²) in [4.78, 5) is 0. The second kappa shape index (κ2) is 10.3. The molecule has 0 bridgehead atoms. The molecule has 0 amide bonds. The molecule has 35 heavy (non-hydrogen) atoms. The molecule has 7 heteroatoms. The number of alkyl halides is 3. The second-order valence-corrected chi connectivity index (χ2v) is 9.13. The molecule has 0 aromatic heterocycles. The van der Waals surface area contributed by atoms with Crippen LogP contribution in [0.1, 0.15) is 49.1 Å². The van der Waals surface area contributed by atoms with E-state index in [9.17, 15) is 13.2 Å². The summed E-state index contributed by atoms with van der Waals surface area (Å²) in [5.41, 5.74) is 2.07. The molecule has 0 saturated heterocycles. The fraction of sp³-hybridized carbons (Fsp3) is 0.357. The van der Waals surface area contributed by atoms with Gasteiger partial charge in [-0.2, -0.15) is 13.2 Å². The highest BCUT2D eigenvalue weighted by Crippen LogP contribution is 2.45. The molecule has 1 N–H and O–H groups in total. The van der Waals surface area contributed by atoms with Gasteiger partial charge in [0.2, 0.25) is 0 Å². The summed E-state index contributed by atoms with van der Waals surface area (Å²) in [7, 11) is 0. The van der Waals surface area contributed by atoms with E-state index in [1.807, 2.05) is 69.3 Å². The van der Waals surface area contributed by atoms with Crippen LogP contribution in [0.4, 0.5) is 18.9 Å². The number of hydrogen-bond acceptors (Lipinski definition) is 4. The van der Waals surface area contributed by atoms with Gasteiger partial charge in [-0.15, -0.1) is 0 Å². The molecule has 0 fully saturated rings. The van der Waals surface area contributed by atoms with Crippen molar-refractivity contribution in [3.63, 3.8) is 0 Å². The maximum absolute atomic E-state index is 12.9. The summed E-state index contributed by atoms with van der Waals surface area (Å²) in [6, 6.07) is 20.8. The molecule has 2 atom stereocenters. The number of ether oxygens (including phenoxy) is 3. The Kier molecular flexibility index (Phi) is 7.38. The number of halogens is 3. The minimum atomic E-state index is -4.37. The first-order chi connectivity index (χ1) is 16.7. The Morgan fingerprint density at radius 3 is 2.20 bits per heavy atom. The van der Waals surface area contributed by atoms with Crippen LogP contribution in [0, 0.1) is 0 Å². The Morgan fingerprint density at radius 2 is 1.54 bits per heavy atom. The van der Waals surface area contributed by atoms with Crippen molar-refractivity contribution in [3.05, 3.63) is 95.1 Å². The van der Waals surface area contributed by atoms with E-state index in [1.54, 1.807) is 0 Å². The topological polar surface area (TPSA) is 39.7 Å². The van der Waals surface area contributed by atoms with Crippen LogP contribution >= 0.6 is 0 Å². The molecule has 3 aromatic rings. The van der Waals surface area contributed by atoms with Gasteiger partial charge in [-0.05, 0) is 62.2 Å². The maximum atomic E-state index is 12.9. The highest BCUT2D eigenvalue weighted by atomic mass is 19.4. The van der Waals surface area contributed by atoms with E-state index in [0.717, 1.165) is 41.2 Å². The van der Waals surface area contributed by atoms with E-state index < -0.39 is 29.5 Å². The van der Waals surface area contributed by atoms with Crippen LogP contribution in [-0.2, 0) is 28.9 Å². The first-order valence-corrected chi connectivity index (χ1v) is 11.7. The molecule has 1 aliphatic heterocycles. The Balaban J connectivity index is 1.61. The van der Waals surface area contributed by atoms with E-state index >= 15 is 0 Å². The molecule has 0 spiro atoms. The maximum Gasteiger partial charge on any atom is 0.416 e. The lowest BCUT2D eigenvalue weighted by molar-refractivity contribution is -0.170. The number of benzene rings is 3. The fourth-order valence-electron chi connectivity index (χ4n) is 4.25. The molecule has 0 saturated carbocycles. The van der Waals surface area contributed by atoms with Crippen molar-refractivity contribution in [3.8, 4) is 5.75 Å². The minimum absolute atomic E-state index is 0.128. The molecule has 4 rings (SSSR count). The zero-order valence-electron chi connectivity index (χ0n) is 20.1. The summed E-state index contributed by atoms with van der Waals surface area (Å²) in [6.45, 7) is 7.18. The van der Waals surface area contributed by atoms with Gasteiger partial charge >= 0.3 is 6.18 Å². The molecule has 3 aromatic carbocycles. The molecule has 1 aliphatic rings. The summed E-state index contributed by atoms with van der Waals surface area (Å²) in [6.07, 6.45) is -5.32. The summed E-state index contributed by atoms with van der Waals surface area (Å²) in [5, 5.41) is 3.32. The van der Waals surface area contributed by atoms with Gasteiger partial charge in [0.25, 0.3) is 0 Å². The van der Waals surface area contributed by atoms with Crippen LogP contribution in [0.3, 0.4) is 0 Å². The predicted molar refractivity (Wildman–Crippen MR) is 129 cm³/mol. The SMILES string of the molecule is CCNc1ccc2c(c1)C(OCc1ccccc1)C(OCc1ccc(C(F)(F)F)cc1)C(C)(C)O2. The van der Waals surface area contributed by atoms with Gasteiger partial charge in [0.05, 0.1) is 18.8 Å². The van der Waals surface area contributed by atoms with Crippen LogP contribution in [0.2, 0.25) is 0 Å². The van der Waals surface area contributed by atoms with Crippen LogP contribution in [-0.4, -0.2) is 18.2 Å². The van der Waals surface area contributed by atoms with E-state index in [4.69, 9.17) is 14.2 Å². The Labute approximate surface area is 204 Å². The van der Waals surface area contributed by atoms with Gasteiger partial charge in [-0.1, -0.05) is 42.5 Å². The zero-order valence-corrected chi connectivity index (χ0v) is 20.1. The average Bonchev–Trinajstić information content (AvgIpc) is 2.82. The second-order valence-electron chi connectivity index (χ2n) is 9.13. The van der Waals surface area contributed by atoms with Gasteiger partial charge in [0.15, 0.2) is 0 Å². The van der Waals surface area contributed by atoms with Crippen LogP contribution in [0.25, 0.3) is 0 Å². The van der Waals surface area contributed by atoms with Crippen molar-refractivity contribution in [2.24, 2.45) is 0 Å². The minimum Gasteiger partial charge on any atom is -0.485 e. The van der Waals surface area contributed by atoms with Gasteiger partial charge in [0, 0.05) is 17.8 Å². The molecule has 186 valence electrons. The van der Waals surface area contributed by atoms with Crippen LogP contribution < -0.4 is 10.1 Å². The standard InChI is InChI=1S/C28H30F3NO3/c1-4-32-22-14-15-24-23(16-22)25(33-17-19-8-6-5-7-9-19)26(27(2,3)35-24)34-18-20-10-12-21(13-11-20)28(29,30)31/h5-16,25-26,32H,4,17-18H2,1-3H3. The van der Waals surface area contributed by atoms with Crippen LogP contribution in [0.5, 0.6) is 5.75 Å². The van der Waals surface area contributed by atoms with Crippen molar-refractivity contribution >= 4 is 5.69 Å². The largest absolute Gasteiger partial charge is 0.485 e. The average molecular weight is 486 g/mol. The number of nitrogens with one attached hydrogen (secondary N) is 1. The molecular weight excluding hydrogens is 455 g/mol. The van der Waals surface area contributed by atoms with Gasteiger partial charge in [-0.25, -0.2) is 0 Å². The summed E-state index contributed by atoms with van der Waals surface area (Å²) >= 11 is 0. The summed E-state index contributed by atoms with van der Waals surface area (Å²) < 4.78 is 57.9. The normalized spacial score (nSPS) is 19.0. The molecular formula is C28H30F3NO3. The van der Waals surface area contributed by atoms with E-state index in [-0.39, 0.29) is 6.61 Å². The smallest absolute Gasteiger partial charge is 0.416 e. The lowest BCUT2D eigenvalue weighted by Crippen LogP contribution is -2.50. The van der Waals surface area contributed by atoms with E-state index in [2.05, 4.69) is 5.32 Å². The third-order valence-corrected chi connectivity index (χ3v) is 6.01. The van der Waals surface area contributed by atoms with Gasteiger partial charge < -0.3 is 19.5 Å². The van der Waals surface area contributed by atoms with Gasteiger partial charge in [0.1, 0.15) is 23.6 Å². The number of hydrogen-bond donors (Lipinski definition) is 1. The lowest BCUT2D eigenvalue weighted by Gasteiger charge is -2.44. The number of rotatable bonds is 8. The Hall–Kier alpha value is -3.03. The quantitative estimate of drug-likeness (QED) is 0.368. The molecule has 0 radical (unpaired) electrons. The Bertz CT molecular complexity index is 1110. The third kappa shape index (κ3) is 5.97. The van der Waals surface area contributed by atoms with Crippen molar-refractivity contribution in [1.82, 2.24) is 0 Å². The zero-order chi connectivity index (χ0) is 25.1. The van der Waals surface area contributed by atoms with Crippen LogP contribution in [0.15, 0.2) is 72.8 Å². The third-order valence-electron chi connectivity index (χ3n) is 6.01. The fourth-order valence-corrected chi connectivity index (χ4v) is 4.25. The van der Waals surface area contributed by atoms with Crippen molar-refractivity contribution in [2.45, 2.75) is 58.0 Å².